The largest absolute Gasteiger partial charge is 0.491 e. The third kappa shape index (κ3) is 3.48. The van der Waals surface area contributed by atoms with Crippen LogP contribution in [0.5, 0.6) is 11.5 Å². The van der Waals surface area contributed by atoms with E-state index in [9.17, 15) is 14.4 Å². The van der Waals surface area contributed by atoms with Crippen LogP contribution in [0.4, 0.5) is 17.1 Å². The average molecular weight is 381 g/mol. The van der Waals surface area contributed by atoms with E-state index in [1.54, 1.807) is 43.3 Å². The Kier molecular flexibility index (Phi) is 4.60. The van der Waals surface area contributed by atoms with E-state index in [1.165, 1.54) is 4.90 Å². The molecular weight excluding hydrogens is 362 g/mol. The van der Waals surface area contributed by atoms with Gasteiger partial charge in [0.25, 0.3) is 5.91 Å². The molecule has 1 atom stereocenters. The van der Waals surface area contributed by atoms with Gasteiger partial charge in [-0.15, -0.1) is 0 Å². The topological polar surface area (TPSA) is 97.0 Å². The summed E-state index contributed by atoms with van der Waals surface area (Å²) in [5, 5.41) is 5.49. The second kappa shape index (κ2) is 7.22. The SMILES string of the molecule is C[C@H]1Oc2ccc(NC(=O)CN3C(=O)CCOc4ccccc43)cc2NC1=O. The van der Waals surface area contributed by atoms with Crippen molar-refractivity contribution in [1.82, 2.24) is 0 Å². The number of benzene rings is 2. The van der Waals surface area contributed by atoms with Crippen molar-refractivity contribution in [2.75, 3.05) is 28.7 Å². The molecule has 2 aromatic carbocycles. The molecule has 4 rings (SSSR count). The predicted molar refractivity (Wildman–Crippen MR) is 103 cm³/mol. The number of amides is 3. The summed E-state index contributed by atoms with van der Waals surface area (Å²) in [4.78, 5) is 38.2. The van der Waals surface area contributed by atoms with Gasteiger partial charge in [0.05, 0.1) is 24.4 Å². The number of hydrogen-bond acceptors (Lipinski definition) is 5. The summed E-state index contributed by atoms with van der Waals surface area (Å²) >= 11 is 0. The quantitative estimate of drug-likeness (QED) is 0.849. The van der Waals surface area contributed by atoms with Crippen molar-refractivity contribution in [3.63, 3.8) is 0 Å². The summed E-state index contributed by atoms with van der Waals surface area (Å²) in [5.41, 5.74) is 1.56. The summed E-state index contributed by atoms with van der Waals surface area (Å²) in [7, 11) is 0. The van der Waals surface area contributed by atoms with Crippen LogP contribution in [-0.4, -0.2) is 37.0 Å². The van der Waals surface area contributed by atoms with Crippen molar-refractivity contribution < 1.29 is 23.9 Å². The monoisotopic (exact) mass is 381 g/mol. The predicted octanol–water partition coefficient (Wildman–Crippen LogP) is 2.16. The van der Waals surface area contributed by atoms with Crippen LogP contribution >= 0.6 is 0 Å². The van der Waals surface area contributed by atoms with E-state index in [4.69, 9.17) is 9.47 Å². The highest BCUT2D eigenvalue weighted by Crippen LogP contribution is 2.33. The Bertz CT molecular complexity index is 959. The van der Waals surface area contributed by atoms with Gasteiger partial charge in [0.15, 0.2) is 6.10 Å². The molecule has 8 heteroatoms. The highest BCUT2D eigenvalue weighted by Gasteiger charge is 2.26. The number of rotatable bonds is 3. The lowest BCUT2D eigenvalue weighted by Gasteiger charge is -2.24. The molecule has 0 saturated heterocycles. The number of hydrogen-bond donors (Lipinski definition) is 2. The second-order valence-electron chi connectivity index (χ2n) is 6.55. The molecule has 2 N–H and O–H groups in total. The lowest BCUT2D eigenvalue weighted by atomic mass is 10.2. The van der Waals surface area contributed by atoms with Gasteiger partial charge >= 0.3 is 0 Å². The molecule has 2 heterocycles. The molecule has 2 aliphatic heterocycles. The first kappa shape index (κ1) is 17.8. The van der Waals surface area contributed by atoms with Crippen molar-refractivity contribution >= 4 is 34.8 Å². The zero-order chi connectivity index (χ0) is 19.7. The maximum atomic E-state index is 12.6. The highest BCUT2D eigenvalue weighted by molar-refractivity contribution is 6.04. The number of ether oxygens (including phenoxy) is 2. The van der Waals surface area contributed by atoms with E-state index in [2.05, 4.69) is 10.6 Å². The van der Waals surface area contributed by atoms with Crippen LogP contribution in [0.25, 0.3) is 0 Å². The van der Waals surface area contributed by atoms with Crippen LogP contribution < -0.4 is 25.0 Å². The van der Waals surface area contributed by atoms with E-state index >= 15 is 0 Å². The van der Waals surface area contributed by atoms with Crippen LogP contribution in [0.2, 0.25) is 0 Å². The third-order valence-electron chi connectivity index (χ3n) is 4.53. The Morgan fingerprint density at radius 2 is 2.04 bits per heavy atom. The van der Waals surface area contributed by atoms with Gasteiger partial charge in [-0.3, -0.25) is 19.3 Å². The summed E-state index contributed by atoms with van der Waals surface area (Å²) < 4.78 is 11.1. The molecule has 3 amide bonds. The first-order valence-corrected chi connectivity index (χ1v) is 8.95. The van der Waals surface area contributed by atoms with Crippen molar-refractivity contribution in [2.45, 2.75) is 19.4 Å². The first-order chi connectivity index (χ1) is 13.5. The summed E-state index contributed by atoms with van der Waals surface area (Å²) in [6.45, 7) is 1.79. The van der Waals surface area contributed by atoms with E-state index < -0.39 is 6.10 Å². The zero-order valence-electron chi connectivity index (χ0n) is 15.2. The number of fused-ring (bicyclic) bond motifs is 2. The molecule has 0 spiro atoms. The Hall–Kier alpha value is -3.55. The number of para-hydroxylation sites is 2. The van der Waals surface area contributed by atoms with Crippen LogP contribution in [0.15, 0.2) is 42.5 Å². The lowest BCUT2D eigenvalue weighted by Crippen LogP contribution is -2.37. The van der Waals surface area contributed by atoms with Gasteiger partial charge in [0, 0.05) is 5.69 Å². The molecule has 8 nitrogen and oxygen atoms in total. The van der Waals surface area contributed by atoms with Gasteiger partial charge in [0.2, 0.25) is 11.8 Å². The van der Waals surface area contributed by atoms with E-state index in [0.29, 0.717) is 28.6 Å². The number of carbonyl (C=O) groups is 3. The smallest absolute Gasteiger partial charge is 0.265 e. The van der Waals surface area contributed by atoms with Crippen molar-refractivity contribution in [1.29, 1.82) is 0 Å². The molecule has 0 unspecified atom stereocenters. The number of nitrogens with one attached hydrogen (secondary N) is 2. The average Bonchev–Trinajstić information content (AvgIpc) is 2.82. The molecule has 0 radical (unpaired) electrons. The van der Waals surface area contributed by atoms with Crippen LogP contribution in [0.3, 0.4) is 0 Å². The molecule has 2 aromatic rings. The van der Waals surface area contributed by atoms with Gasteiger partial charge in [-0.05, 0) is 37.3 Å². The molecule has 0 aromatic heterocycles. The Morgan fingerprint density at radius 3 is 2.89 bits per heavy atom. The number of nitrogens with zero attached hydrogens (tertiary/aromatic N) is 1. The third-order valence-corrected chi connectivity index (χ3v) is 4.53. The fourth-order valence-corrected chi connectivity index (χ4v) is 3.12. The maximum absolute atomic E-state index is 12.6. The minimum absolute atomic E-state index is 0.143. The molecule has 0 bridgehead atoms. The number of anilines is 3. The van der Waals surface area contributed by atoms with Crippen molar-refractivity contribution in [2.24, 2.45) is 0 Å². The van der Waals surface area contributed by atoms with Crippen LogP contribution in [0, 0.1) is 0 Å². The molecule has 0 fully saturated rings. The Labute approximate surface area is 161 Å². The number of carbonyl (C=O) groups excluding carboxylic acids is 3. The van der Waals surface area contributed by atoms with Gasteiger partial charge < -0.3 is 20.1 Å². The Balaban J connectivity index is 1.50. The lowest BCUT2D eigenvalue weighted by molar-refractivity contribution is -0.122. The summed E-state index contributed by atoms with van der Waals surface area (Å²) in [5.74, 6) is 0.326. The van der Waals surface area contributed by atoms with Gasteiger partial charge in [-0.2, -0.15) is 0 Å². The van der Waals surface area contributed by atoms with Gasteiger partial charge in [0.1, 0.15) is 18.0 Å². The molecule has 0 saturated carbocycles. The van der Waals surface area contributed by atoms with Crippen LogP contribution in [-0.2, 0) is 14.4 Å². The zero-order valence-corrected chi connectivity index (χ0v) is 15.2. The summed E-state index contributed by atoms with van der Waals surface area (Å²) in [6, 6.07) is 12.1. The molecule has 144 valence electrons. The first-order valence-electron chi connectivity index (χ1n) is 8.95. The molecule has 0 aliphatic carbocycles. The normalized spacial score (nSPS) is 18.0. The van der Waals surface area contributed by atoms with E-state index in [1.807, 2.05) is 6.07 Å². The van der Waals surface area contributed by atoms with Gasteiger partial charge in [-0.1, -0.05) is 12.1 Å². The second-order valence-corrected chi connectivity index (χ2v) is 6.55. The van der Waals surface area contributed by atoms with Gasteiger partial charge in [-0.25, -0.2) is 0 Å². The van der Waals surface area contributed by atoms with E-state index in [0.717, 1.165) is 0 Å². The fraction of sp³-hybridized carbons (Fsp3) is 0.250. The minimum Gasteiger partial charge on any atom is -0.491 e. The van der Waals surface area contributed by atoms with Crippen molar-refractivity contribution in [3.05, 3.63) is 42.5 Å². The van der Waals surface area contributed by atoms with Crippen molar-refractivity contribution in [3.8, 4) is 11.5 Å². The Morgan fingerprint density at radius 1 is 1.21 bits per heavy atom. The minimum atomic E-state index is -0.565. The molecule has 2 aliphatic rings. The standard InChI is InChI=1S/C20H19N3O5/c1-12-20(26)22-14-10-13(6-7-16(14)28-12)21-18(24)11-23-15-4-2-3-5-17(15)27-9-8-19(23)25/h2-7,10,12H,8-9,11H2,1H3,(H,21,24)(H,22,26)/t12-/m1/s1. The molecule has 28 heavy (non-hydrogen) atoms. The van der Waals surface area contributed by atoms with E-state index in [-0.39, 0.29) is 37.3 Å². The molecular formula is C20H19N3O5. The fourth-order valence-electron chi connectivity index (χ4n) is 3.12. The highest BCUT2D eigenvalue weighted by atomic mass is 16.5. The summed E-state index contributed by atoms with van der Waals surface area (Å²) in [6.07, 6.45) is -0.369. The maximum Gasteiger partial charge on any atom is 0.265 e. The van der Waals surface area contributed by atoms with Crippen LogP contribution in [0.1, 0.15) is 13.3 Å².